The van der Waals surface area contributed by atoms with E-state index in [0.717, 1.165) is 17.7 Å². The Hall–Kier alpha value is -3.65. The van der Waals surface area contributed by atoms with Crippen LogP contribution in [0.4, 0.5) is 5.82 Å². The molecule has 0 atom stereocenters. The fraction of sp³-hybridized carbons (Fsp3) is 0.320. The molecule has 0 radical (unpaired) electrons. The minimum Gasteiger partial charge on any atom is -0.483 e. The topological polar surface area (TPSA) is 87.9 Å². The molecule has 2 amide bonds. The predicted octanol–water partition coefficient (Wildman–Crippen LogP) is 2.74. The summed E-state index contributed by atoms with van der Waals surface area (Å²) in [7, 11) is 0. The molecule has 0 saturated carbocycles. The van der Waals surface area contributed by atoms with Crippen molar-refractivity contribution in [3.63, 3.8) is 0 Å². The quantitative estimate of drug-likeness (QED) is 0.570. The van der Waals surface area contributed by atoms with Crippen LogP contribution in [0.25, 0.3) is 0 Å². The van der Waals surface area contributed by atoms with Gasteiger partial charge in [-0.25, -0.2) is 0 Å². The average Bonchev–Trinajstić information content (AvgIpc) is 3.23. The van der Waals surface area contributed by atoms with Gasteiger partial charge >= 0.3 is 0 Å². The number of hydrogen-bond donors (Lipinski definition) is 1. The highest BCUT2D eigenvalue weighted by Crippen LogP contribution is 2.21. The molecule has 4 rings (SSSR count). The van der Waals surface area contributed by atoms with Crippen LogP contribution in [0.3, 0.4) is 0 Å². The van der Waals surface area contributed by atoms with Crippen molar-refractivity contribution >= 4 is 17.6 Å². The summed E-state index contributed by atoms with van der Waals surface area (Å²) in [6.07, 6.45) is 0.750. The Morgan fingerprint density at radius 2 is 1.76 bits per heavy atom. The van der Waals surface area contributed by atoms with Gasteiger partial charge in [-0.1, -0.05) is 53.7 Å². The summed E-state index contributed by atoms with van der Waals surface area (Å²) >= 11 is 0. The smallest absolute Gasteiger partial charge is 0.260 e. The second-order valence-corrected chi connectivity index (χ2v) is 8.09. The van der Waals surface area contributed by atoms with Gasteiger partial charge in [0.05, 0.1) is 6.54 Å². The number of aromatic nitrogens is 1. The lowest BCUT2D eigenvalue weighted by atomic mass is 10.0. The van der Waals surface area contributed by atoms with E-state index < -0.39 is 0 Å². The molecule has 0 unspecified atom stereocenters. The Kier molecular flexibility index (Phi) is 7.36. The summed E-state index contributed by atoms with van der Waals surface area (Å²) in [6, 6.07) is 19.7. The normalized spacial score (nSPS) is 14.2. The van der Waals surface area contributed by atoms with Crippen molar-refractivity contribution in [1.29, 1.82) is 0 Å². The first-order valence-corrected chi connectivity index (χ1v) is 11.0. The third-order valence-electron chi connectivity index (χ3n) is 5.55. The first-order valence-electron chi connectivity index (χ1n) is 11.0. The second kappa shape index (κ2) is 10.8. The van der Waals surface area contributed by atoms with E-state index in [1.807, 2.05) is 47.4 Å². The summed E-state index contributed by atoms with van der Waals surface area (Å²) < 4.78 is 10.9. The van der Waals surface area contributed by atoms with Crippen molar-refractivity contribution in [2.24, 2.45) is 0 Å². The highest BCUT2D eigenvalue weighted by Gasteiger charge is 2.23. The molecular formula is C25H28N4O4. The molecule has 2 aromatic carbocycles. The van der Waals surface area contributed by atoms with Crippen molar-refractivity contribution in [2.45, 2.75) is 13.3 Å². The van der Waals surface area contributed by atoms with Gasteiger partial charge in [0.15, 0.2) is 12.4 Å². The summed E-state index contributed by atoms with van der Waals surface area (Å²) in [5.41, 5.74) is 2.24. The molecule has 1 saturated heterocycles. The van der Waals surface area contributed by atoms with Gasteiger partial charge in [0, 0.05) is 38.7 Å². The number of piperazine rings is 1. The zero-order valence-electron chi connectivity index (χ0n) is 18.7. The molecule has 1 aliphatic rings. The van der Waals surface area contributed by atoms with E-state index in [2.05, 4.69) is 22.6 Å². The molecule has 3 aromatic rings. The number of carbonyl (C=O) groups excluding carboxylic acids is 2. The Bertz CT molecular complexity index is 1070. The number of rotatable bonds is 8. The number of anilines is 1. The van der Waals surface area contributed by atoms with E-state index in [0.29, 0.717) is 37.8 Å². The number of carbonyl (C=O) groups is 2. The number of nitrogens with one attached hydrogen (secondary N) is 1. The highest BCUT2D eigenvalue weighted by molar-refractivity contribution is 5.91. The lowest BCUT2D eigenvalue weighted by Gasteiger charge is -2.34. The van der Waals surface area contributed by atoms with Crippen molar-refractivity contribution in [3.05, 3.63) is 77.6 Å². The molecule has 172 valence electrons. The molecule has 1 fully saturated rings. The molecule has 8 heteroatoms. The number of para-hydroxylation sites is 1. The zero-order chi connectivity index (χ0) is 23.0. The number of ether oxygens (including phenoxy) is 1. The minimum absolute atomic E-state index is 0.00218. The van der Waals surface area contributed by atoms with E-state index in [1.165, 1.54) is 5.56 Å². The van der Waals surface area contributed by atoms with Gasteiger partial charge in [0.2, 0.25) is 5.91 Å². The molecule has 0 aliphatic carbocycles. The lowest BCUT2D eigenvalue weighted by molar-refractivity contribution is -0.135. The predicted molar refractivity (Wildman–Crippen MR) is 124 cm³/mol. The van der Waals surface area contributed by atoms with Crippen LogP contribution < -0.4 is 10.1 Å². The first kappa shape index (κ1) is 22.5. The molecule has 1 aliphatic heterocycles. The van der Waals surface area contributed by atoms with Gasteiger partial charge in [-0.2, -0.15) is 0 Å². The molecule has 2 heterocycles. The van der Waals surface area contributed by atoms with Crippen LogP contribution in [0.5, 0.6) is 5.75 Å². The molecule has 8 nitrogen and oxygen atoms in total. The SMILES string of the molecule is Cc1cc(NC(=O)CN2CCN(C(=O)COc3ccccc3Cc3ccccc3)CC2)no1. The molecular weight excluding hydrogens is 420 g/mol. The number of amides is 2. The Balaban J connectivity index is 1.22. The molecule has 1 N–H and O–H groups in total. The zero-order valence-corrected chi connectivity index (χ0v) is 18.7. The number of aryl methyl sites for hydroxylation is 1. The van der Waals surface area contributed by atoms with Crippen LogP contribution in [0.2, 0.25) is 0 Å². The summed E-state index contributed by atoms with van der Waals surface area (Å²) in [5, 5.41) is 6.49. The van der Waals surface area contributed by atoms with Gasteiger partial charge < -0.3 is 19.5 Å². The summed E-state index contributed by atoms with van der Waals surface area (Å²) in [4.78, 5) is 28.7. The van der Waals surface area contributed by atoms with Crippen LogP contribution in [0, 0.1) is 6.92 Å². The van der Waals surface area contributed by atoms with Crippen LogP contribution in [0.1, 0.15) is 16.9 Å². The van der Waals surface area contributed by atoms with E-state index in [9.17, 15) is 9.59 Å². The molecule has 0 spiro atoms. The highest BCUT2D eigenvalue weighted by atomic mass is 16.5. The van der Waals surface area contributed by atoms with Crippen LogP contribution >= 0.6 is 0 Å². The molecule has 33 heavy (non-hydrogen) atoms. The largest absolute Gasteiger partial charge is 0.483 e. The van der Waals surface area contributed by atoms with Gasteiger partial charge in [0.1, 0.15) is 11.5 Å². The van der Waals surface area contributed by atoms with Crippen molar-refractivity contribution in [3.8, 4) is 5.75 Å². The third-order valence-corrected chi connectivity index (χ3v) is 5.55. The number of benzene rings is 2. The summed E-state index contributed by atoms with van der Waals surface area (Å²) in [5.74, 6) is 1.58. The van der Waals surface area contributed by atoms with Gasteiger partial charge in [-0.3, -0.25) is 14.5 Å². The van der Waals surface area contributed by atoms with Crippen LogP contribution in [-0.4, -0.2) is 66.1 Å². The van der Waals surface area contributed by atoms with Gasteiger partial charge in [-0.15, -0.1) is 0 Å². The Morgan fingerprint density at radius 1 is 1.03 bits per heavy atom. The Labute approximate surface area is 193 Å². The van der Waals surface area contributed by atoms with E-state index >= 15 is 0 Å². The van der Waals surface area contributed by atoms with Crippen molar-refractivity contribution in [1.82, 2.24) is 15.0 Å². The minimum atomic E-state index is -0.151. The van der Waals surface area contributed by atoms with E-state index in [1.54, 1.807) is 17.9 Å². The van der Waals surface area contributed by atoms with E-state index in [-0.39, 0.29) is 25.0 Å². The average molecular weight is 449 g/mol. The fourth-order valence-electron chi connectivity index (χ4n) is 3.80. The van der Waals surface area contributed by atoms with E-state index in [4.69, 9.17) is 9.26 Å². The second-order valence-electron chi connectivity index (χ2n) is 8.09. The standard InChI is InChI=1S/C25H28N4O4/c1-19-15-23(27-33-19)26-24(30)17-28-11-13-29(14-12-28)25(31)18-32-22-10-6-5-9-21(22)16-20-7-3-2-4-8-20/h2-10,15H,11-14,16-18H2,1H3,(H,26,27,30). The lowest BCUT2D eigenvalue weighted by Crippen LogP contribution is -2.51. The summed E-state index contributed by atoms with van der Waals surface area (Å²) in [6.45, 7) is 4.39. The molecule has 1 aromatic heterocycles. The van der Waals surface area contributed by atoms with Gasteiger partial charge in [-0.05, 0) is 24.1 Å². The van der Waals surface area contributed by atoms with Crippen LogP contribution in [-0.2, 0) is 16.0 Å². The maximum atomic E-state index is 12.7. The van der Waals surface area contributed by atoms with Crippen molar-refractivity contribution in [2.75, 3.05) is 44.6 Å². The van der Waals surface area contributed by atoms with Crippen molar-refractivity contribution < 1.29 is 18.8 Å². The van der Waals surface area contributed by atoms with Gasteiger partial charge in [0.25, 0.3) is 5.91 Å². The maximum Gasteiger partial charge on any atom is 0.260 e. The number of nitrogens with zero attached hydrogens (tertiary/aromatic N) is 3. The van der Waals surface area contributed by atoms with Crippen LogP contribution in [0.15, 0.2) is 65.2 Å². The Morgan fingerprint density at radius 3 is 2.48 bits per heavy atom. The fourth-order valence-corrected chi connectivity index (χ4v) is 3.80. The molecule has 0 bridgehead atoms. The monoisotopic (exact) mass is 448 g/mol. The third kappa shape index (κ3) is 6.43. The first-order chi connectivity index (χ1) is 16.1. The number of hydrogen-bond acceptors (Lipinski definition) is 6. The maximum absolute atomic E-state index is 12.7.